The summed E-state index contributed by atoms with van der Waals surface area (Å²) in [5.41, 5.74) is 1.93. The van der Waals surface area contributed by atoms with E-state index in [9.17, 15) is 14.9 Å². The number of hydrogen-bond donors (Lipinski definition) is 1. The highest BCUT2D eigenvalue weighted by Gasteiger charge is 2.21. The summed E-state index contributed by atoms with van der Waals surface area (Å²) in [5.74, 6) is -0.474. The number of rotatable bonds is 8. The fourth-order valence-electron chi connectivity index (χ4n) is 2.86. The molecule has 0 bridgehead atoms. The Morgan fingerprint density at radius 1 is 1.17 bits per heavy atom. The van der Waals surface area contributed by atoms with Crippen molar-refractivity contribution >= 4 is 17.3 Å². The van der Waals surface area contributed by atoms with Crippen molar-refractivity contribution in [1.82, 2.24) is 10.0 Å². The van der Waals surface area contributed by atoms with Gasteiger partial charge in [0.05, 0.1) is 16.7 Å². The number of hydrogen-bond acceptors (Lipinski definition) is 6. The molecule has 1 amide bonds. The molecule has 0 aliphatic rings. The summed E-state index contributed by atoms with van der Waals surface area (Å²) in [6.07, 6.45) is 1.66. The van der Waals surface area contributed by atoms with Crippen molar-refractivity contribution < 1.29 is 14.6 Å². The number of nitrogens with one attached hydrogen (secondary N) is 1. The molecule has 1 aromatic heterocycles. The number of anilines is 1. The average Bonchev–Trinajstić information content (AvgIpc) is 2.78. The number of carbonyl (C=O) groups excluding carboxylic acids is 1. The highest BCUT2D eigenvalue weighted by atomic mass is 16.7. The lowest BCUT2D eigenvalue weighted by Crippen LogP contribution is -2.27. The second kappa shape index (κ2) is 9.62. The van der Waals surface area contributed by atoms with Crippen LogP contribution in [0, 0.1) is 10.1 Å². The Hall–Kier alpha value is -3.78. The fraction of sp³-hybridized carbons (Fsp3) is 0.182. The summed E-state index contributed by atoms with van der Waals surface area (Å²) in [4.78, 5) is 33.5. The van der Waals surface area contributed by atoms with Crippen LogP contribution in [0.1, 0.15) is 34.6 Å². The summed E-state index contributed by atoms with van der Waals surface area (Å²) in [7, 11) is 1.48. The van der Waals surface area contributed by atoms with Crippen molar-refractivity contribution in [3.63, 3.8) is 0 Å². The first-order chi connectivity index (χ1) is 14.5. The van der Waals surface area contributed by atoms with E-state index in [-0.39, 0.29) is 23.9 Å². The molecule has 3 aromatic rings. The third-order valence-corrected chi connectivity index (χ3v) is 4.50. The number of amides is 1. The Morgan fingerprint density at radius 2 is 1.90 bits per heavy atom. The van der Waals surface area contributed by atoms with E-state index in [0.29, 0.717) is 5.69 Å². The van der Waals surface area contributed by atoms with Crippen LogP contribution in [0.5, 0.6) is 0 Å². The minimum Gasteiger partial charge on any atom is -0.371 e. The number of hydroxylamine groups is 2. The quantitative estimate of drug-likeness (QED) is 0.441. The van der Waals surface area contributed by atoms with Crippen LogP contribution in [0.2, 0.25) is 0 Å². The molecule has 0 aliphatic heterocycles. The van der Waals surface area contributed by atoms with Crippen molar-refractivity contribution in [2.45, 2.75) is 19.6 Å². The Morgan fingerprint density at radius 3 is 2.57 bits per heavy atom. The zero-order chi connectivity index (χ0) is 21.5. The van der Waals surface area contributed by atoms with Crippen LogP contribution in [0.3, 0.4) is 0 Å². The number of aromatic nitrogens is 1. The van der Waals surface area contributed by atoms with E-state index in [1.165, 1.54) is 25.2 Å². The monoisotopic (exact) mass is 406 g/mol. The lowest BCUT2D eigenvalue weighted by molar-refractivity contribution is -0.384. The molecule has 154 valence electrons. The molecule has 0 aliphatic carbocycles. The average molecular weight is 406 g/mol. The molecule has 8 nitrogen and oxygen atoms in total. The molecule has 0 spiro atoms. The van der Waals surface area contributed by atoms with E-state index in [2.05, 4.69) is 10.3 Å². The number of benzene rings is 2. The van der Waals surface area contributed by atoms with Gasteiger partial charge in [0.15, 0.2) is 0 Å². The molecular weight excluding hydrogens is 384 g/mol. The van der Waals surface area contributed by atoms with Crippen LogP contribution >= 0.6 is 0 Å². The van der Waals surface area contributed by atoms with Crippen LogP contribution in [0.4, 0.5) is 11.4 Å². The van der Waals surface area contributed by atoms with E-state index in [1.54, 1.807) is 12.3 Å². The van der Waals surface area contributed by atoms with Gasteiger partial charge in [0.25, 0.3) is 11.6 Å². The van der Waals surface area contributed by atoms with E-state index >= 15 is 0 Å². The van der Waals surface area contributed by atoms with Gasteiger partial charge in [-0.3, -0.25) is 24.7 Å². The van der Waals surface area contributed by atoms with E-state index < -0.39 is 10.8 Å². The number of pyridine rings is 1. The topological polar surface area (TPSA) is 97.6 Å². The Kier molecular flexibility index (Phi) is 6.71. The molecule has 3 rings (SSSR count). The molecule has 0 saturated heterocycles. The van der Waals surface area contributed by atoms with Crippen LogP contribution < -0.4 is 5.32 Å². The second-order valence-corrected chi connectivity index (χ2v) is 6.67. The summed E-state index contributed by atoms with van der Waals surface area (Å²) in [6.45, 7) is 2.07. The first kappa shape index (κ1) is 20.9. The van der Waals surface area contributed by atoms with Crippen LogP contribution in [0.15, 0.2) is 72.9 Å². The molecule has 0 radical (unpaired) electrons. The van der Waals surface area contributed by atoms with E-state index in [0.717, 1.165) is 16.3 Å². The van der Waals surface area contributed by atoms with Gasteiger partial charge in [0.2, 0.25) is 0 Å². The number of nitro benzene ring substituents is 1. The highest BCUT2D eigenvalue weighted by molar-refractivity contribution is 5.95. The van der Waals surface area contributed by atoms with E-state index in [4.69, 9.17) is 4.84 Å². The zero-order valence-corrected chi connectivity index (χ0v) is 16.7. The van der Waals surface area contributed by atoms with Crippen LogP contribution in [-0.2, 0) is 11.4 Å². The first-order valence-electron chi connectivity index (χ1n) is 9.36. The summed E-state index contributed by atoms with van der Waals surface area (Å²) < 4.78 is 0. The third-order valence-electron chi connectivity index (χ3n) is 4.50. The molecular formula is C22H22N4O4. The third kappa shape index (κ3) is 5.18. The smallest absolute Gasteiger partial charge is 0.293 e. The first-order valence-corrected chi connectivity index (χ1v) is 9.36. The van der Waals surface area contributed by atoms with Crippen molar-refractivity contribution in [2.24, 2.45) is 0 Å². The van der Waals surface area contributed by atoms with Gasteiger partial charge in [-0.2, -0.15) is 0 Å². The maximum atomic E-state index is 12.6. The van der Waals surface area contributed by atoms with Crippen LogP contribution in [0.25, 0.3) is 0 Å². The molecule has 0 saturated carbocycles. The Labute approximate surface area is 174 Å². The molecule has 8 heteroatoms. The van der Waals surface area contributed by atoms with Gasteiger partial charge in [-0.15, -0.1) is 0 Å². The van der Waals surface area contributed by atoms with Gasteiger partial charge in [-0.1, -0.05) is 36.4 Å². The maximum absolute atomic E-state index is 12.6. The second-order valence-electron chi connectivity index (χ2n) is 6.67. The molecule has 30 heavy (non-hydrogen) atoms. The van der Waals surface area contributed by atoms with Gasteiger partial charge < -0.3 is 5.32 Å². The van der Waals surface area contributed by atoms with Gasteiger partial charge in [0.1, 0.15) is 12.3 Å². The molecule has 0 fully saturated rings. The Bertz CT molecular complexity index is 1010. The number of nitrogens with zero attached hydrogens (tertiary/aromatic N) is 3. The van der Waals surface area contributed by atoms with Gasteiger partial charge in [-0.05, 0) is 36.8 Å². The molecule has 1 heterocycles. The maximum Gasteiger partial charge on any atom is 0.293 e. The normalized spacial score (nSPS) is 11.5. The minimum atomic E-state index is -0.519. The van der Waals surface area contributed by atoms with E-state index in [1.807, 2.05) is 49.4 Å². The van der Waals surface area contributed by atoms with Crippen molar-refractivity contribution in [3.05, 3.63) is 99.9 Å². The summed E-state index contributed by atoms with van der Waals surface area (Å²) >= 11 is 0. The molecule has 1 atom stereocenters. The number of nitro groups is 1. The highest BCUT2D eigenvalue weighted by Crippen LogP contribution is 2.29. The standard InChI is InChI=1S/C22H22N4O4/c1-16(19-10-6-7-13-23-19)24-20-12-11-18(14-21(20)26(28)29)22(27)25(2)30-15-17-8-4-3-5-9-17/h3-14,16,24H,15H2,1-2H3/t16-/m1/s1. The molecule has 0 unspecified atom stereocenters. The minimum absolute atomic E-state index is 0.160. The largest absolute Gasteiger partial charge is 0.371 e. The lowest BCUT2D eigenvalue weighted by atomic mass is 10.1. The Balaban J connectivity index is 1.73. The SMILES string of the molecule is C[C@@H](Nc1ccc(C(=O)N(C)OCc2ccccc2)cc1[N+](=O)[O-])c1ccccn1. The van der Waals surface area contributed by atoms with Gasteiger partial charge in [-0.25, -0.2) is 5.06 Å². The van der Waals surface area contributed by atoms with Gasteiger partial charge >= 0.3 is 0 Å². The number of carbonyl (C=O) groups is 1. The summed E-state index contributed by atoms with van der Waals surface area (Å²) in [6, 6.07) is 18.9. The lowest BCUT2D eigenvalue weighted by Gasteiger charge is -2.18. The van der Waals surface area contributed by atoms with Crippen molar-refractivity contribution in [1.29, 1.82) is 0 Å². The van der Waals surface area contributed by atoms with Gasteiger partial charge in [0, 0.05) is 24.9 Å². The van der Waals surface area contributed by atoms with Crippen molar-refractivity contribution in [2.75, 3.05) is 12.4 Å². The summed E-state index contributed by atoms with van der Waals surface area (Å²) in [5, 5.41) is 15.8. The predicted octanol–water partition coefficient (Wildman–Crippen LogP) is 4.37. The molecule has 2 aromatic carbocycles. The predicted molar refractivity (Wildman–Crippen MR) is 113 cm³/mol. The molecule has 1 N–H and O–H groups in total. The van der Waals surface area contributed by atoms with Crippen molar-refractivity contribution in [3.8, 4) is 0 Å². The van der Waals surface area contributed by atoms with Crippen LogP contribution in [-0.4, -0.2) is 27.9 Å². The fourth-order valence-corrected chi connectivity index (χ4v) is 2.86. The zero-order valence-electron chi connectivity index (χ0n) is 16.7.